The average molecular weight is 329 g/mol. The van der Waals surface area contributed by atoms with Crippen LogP contribution in [0.2, 0.25) is 0 Å². The van der Waals surface area contributed by atoms with Gasteiger partial charge in [0, 0.05) is 25.8 Å². The Morgan fingerprint density at radius 1 is 1.38 bits per heavy atom. The van der Waals surface area contributed by atoms with Crippen molar-refractivity contribution in [2.45, 2.75) is 25.0 Å². The van der Waals surface area contributed by atoms with Crippen LogP contribution < -0.4 is 15.4 Å². The van der Waals surface area contributed by atoms with Crippen molar-refractivity contribution in [2.75, 3.05) is 25.0 Å². The minimum absolute atomic E-state index is 0.0198. The standard InChI is InChI=1S/C14H23N3O2S2/c1-3-13(14(15)20)21(18,19)16-10-7-11-17(2)12-8-5-4-6-9-12/h4-6,8-9,13,16H,3,7,10-11H2,1-2H3,(H2,15,20). The van der Waals surface area contributed by atoms with Gasteiger partial charge in [0.15, 0.2) is 0 Å². The molecule has 0 aromatic heterocycles. The zero-order chi connectivity index (χ0) is 15.9. The Labute approximate surface area is 132 Å². The number of para-hydroxylation sites is 1. The summed E-state index contributed by atoms with van der Waals surface area (Å²) in [6, 6.07) is 9.95. The second-order valence-corrected chi connectivity index (χ2v) is 7.27. The highest BCUT2D eigenvalue weighted by Gasteiger charge is 2.25. The molecule has 3 N–H and O–H groups in total. The summed E-state index contributed by atoms with van der Waals surface area (Å²) in [5, 5.41) is -0.792. The molecule has 118 valence electrons. The van der Waals surface area contributed by atoms with Gasteiger partial charge < -0.3 is 10.6 Å². The molecular formula is C14H23N3O2S2. The number of hydrogen-bond acceptors (Lipinski definition) is 4. The fourth-order valence-electron chi connectivity index (χ4n) is 2.02. The number of nitrogens with zero attached hydrogens (tertiary/aromatic N) is 1. The van der Waals surface area contributed by atoms with Crippen LogP contribution in [-0.2, 0) is 10.0 Å². The Morgan fingerprint density at radius 2 is 2.00 bits per heavy atom. The first kappa shape index (κ1) is 17.9. The molecule has 1 rings (SSSR count). The maximum Gasteiger partial charge on any atom is 0.221 e. The second kappa shape index (κ2) is 8.31. The molecule has 0 fully saturated rings. The molecule has 1 aromatic rings. The Bertz CT molecular complexity index is 547. The van der Waals surface area contributed by atoms with Crippen LogP contribution in [0.25, 0.3) is 0 Å². The van der Waals surface area contributed by atoms with Crippen LogP contribution in [0.3, 0.4) is 0 Å². The van der Waals surface area contributed by atoms with Crippen molar-refractivity contribution in [1.29, 1.82) is 0 Å². The van der Waals surface area contributed by atoms with Gasteiger partial charge in [0.25, 0.3) is 0 Å². The van der Waals surface area contributed by atoms with Crippen molar-refractivity contribution in [3.8, 4) is 0 Å². The molecule has 0 heterocycles. The normalized spacial score (nSPS) is 12.9. The molecule has 0 saturated heterocycles. The fourth-order valence-corrected chi connectivity index (χ4v) is 3.94. The molecule has 1 atom stereocenters. The molecule has 21 heavy (non-hydrogen) atoms. The van der Waals surface area contributed by atoms with E-state index in [1.165, 1.54) is 0 Å². The van der Waals surface area contributed by atoms with Crippen molar-refractivity contribution in [2.24, 2.45) is 5.73 Å². The number of nitrogens with one attached hydrogen (secondary N) is 1. The lowest BCUT2D eigenvalue weighted by atomic mass is 10.3. The Hall–Kier alpha value is -1.18. The first-order valence-electron chi connectivity index (χ1n) is 6.92. The molecule has 0 amide bonds. The SMILES string of the molecule is CCC(C(N)=S)S(=O)(=O)NCCCN(C)c1ccccc1. The topological polar surface area (TPSA) is 75.4 Å². The molecule has 7 heteroatoms. The van der Waals surface area contributed by atoms with E-state index in [1.54, 1.807) is 6.92 Å². The number of hydrogen-bond donors (Lipinski definition) is 2. The quantitative estimate of drug-likeness (QED) is 0.530. The third kappa shape index (κ3) is 5.61. The summed E-state index contributed by atoms with van der Waals surface area (Å²) < 4.78 is 26.6. The summed E-state index contributed by atoms with van der Waals surface area (Å²) in [4.78, 5) is 2.10. The predicted octanol–water partition coefficient (Wildman–Crippen LogP) is 1.50. The molecule has 0 saturated carbocycles. The molecule has 0 bridgehead atoms. The smallest absolute Gasteiger partial charge is 0.221 e. The number of thiocarbonyl (C=S) groups is 1. The van der Waals surface area contributed by atoms with Crippen molar-refractivity contribution in [3.63, 3.8) is 0 Å². The van der Waals surface area contributed by atoms with Gasteiger partial charge in [-0.05, 0) is 25.0 Å². The van der Waals surface area contributed by atoms with E-state index < -0.39 is 15.3 Å². The zero-order valence-electron chi connectivity index (χ0n) is 12.5. The summed E-state index contributed by atoms with van der Waals surface area (Å²) in [6.45, 7) is 2.89. The largest absolute Gasteiger partial charge is 0.392 e. The summed E-state index contributed by atoms with van der Waals surface area (Å²) in [6.07, 6.45) is 1.09. The second-order valence-electron chi connectivity index (χ2n) is 4.85. The van der Waals surface area contributed by atoms with E-state index in [1.807, 2.05) is 37.4 Å². The molecule has 0 aliphatic heterocycles. The van der Waals surface area contributed by atoms with Crippen LogP contribution >= 0.6 is 12.2 Å². The van der Waals surface area contributed by atoms with Crippen LogP contribution in [0.4, 0.5) is 5.69 Å². The van der Waals surface area contributed by atoms with Crippen LogP contribution in [0, 0.1) is 0 Å². The van der Waals surface area contributed by atoms with Crippen LogP contribution in [0.5, 0.6) is 0 Å². The number of sulfonamides is 1. The first-order chi connectivity index (χ1) is 9.88. The van der Waals surface area contributed by atoms with E-state index in [4.69, 9.17) is 18.0 Å². The van der Waals surface area contributed by atoms with Crippen molar-refractivity contribution >= 4 is 32.9 Å². The molecule has 0 spiro atoms. The van der Waals surface area contributed by atoms with E-state index in [0.717, 1.165) is 12.2 Å². The molecule has 0 radical (unpaired) electrons. The van der Waals surface area contributed by atoms with Gasteiger partial charge in [-0.2, -0.15) is 0 Å². The highest BCUT2D eigenvalue weighted by Crippen LogP contribution is 2.11. The third-order valence-corrected chi connectivity index (χ3v) is 5.61. The molecule has 0 aliphatic rings. The van der Waals surface area contributed by atoms with Crippen LogP contribution in [-0.4, -0.2) is 38.8 Å². The lowest BCUT2D eigenvalue weighted by molar-refractivity contribution is 0.572. The van der Waals surface area contributed by atoms with E-state index in [9.17, 15) is 8.42 Å². The average Bonchev–Trinajstić information content (AvgIpc) is 2.44. The molecular weight excluding hydrogens is 306 g/mol. The van der Waals surface area contributed by atoms with Gasteiger partial charge in [0.2, 0.25) is 10.0 Å². The molecule has 0 aliphatic carbocycles. The number of anilines is 1. The number of benzene rings is 1. The number of rotatable bonds is 9. The van der Waals surface area contributed by atoms with Crippen molar-refractivity contribution in [1.82, 2.24) is 4.72 Å². The molecule has 1 unspecified atom stereocenters. The van der Waals surface area contributed by atoms with Crippen LogP contribution in [0.15, 0.2) is 30.3 Å². The molecule has 5 nitrogen and oxygen atoms in total. The van der Waals surface area contributed by atoms with Gasteiger partial charge >= 0.3 is 0 Å². The Morgan fingerprint density at radius 3 is 2.52 bits per heavy atom. The van der Waals surface area contributed by atoms with Gasteiger partial charge in [-0.3, -0.25) is 0 Å². The van der Waals surface area contributed by atoms with E-state index in [2.05, 4.69) is 9.62 Å². The highest BCUT2D eigenvalue weighted by atomic mass is 32.2. The minimum atomic E-state index is -3.47. The third-order valence-electron chi connectivity index (χ3n) is 3.23. The van der Waals surface area contributed by atoms with E-state index in [-0.39, 0.29) is 4.99 Å². The van der Waals surface area contributed by atoms with Gasteiger partial charge in [0.1, 0.15) is 5.25 Å². The minimum Gasteiger partial charge on any atom is -0.392 e. The Kier molecular flexibility index (Phi) is 7.07. The van der Waals surface area contributed by atoms with Gasteiger partial charge in [-0.15, -0.1) is 0 Å². The zero-order valence-corrected chi connectivity index (χ0v) is 14.1. The lowest BCUT2D eigenvalue weighted by Crippen LogP contribution is -2.42. The van der Waals surface area contributed by atoms with Gasteiger partial charge in [-0.25, -0.2) is 13.1 Å². The summed E-state index contributed by atoms with van der Waals surface area (Å²) in [5.74, 6) is 0. The monoisotopic (exact) mass is 329 g/mol. The summed E-state index contributed by atoms with van der Waals surface area (Å²) in [5.41, 5.74) is 6.57. The molecule has 1 aromatic carbocycles. The van der Waals surface area contributed by atoms with Crippen molar-refractivity contribution < 1.29 is 8.42 Å². The number of nitrogens with two attached hydrogens (primary N) is 1. The lowest BCUT2D eigenvalue weighted by Gasteiger charge is -2.20. The van der Waals surface area contributed by atoms with Crippen molar-refractivity contribution in [3.05, 3.63) is 30.3 Å². The van der Waals surface area contributed by atoms with Gasteiger partial charge in [-0.1, -0.05) is 37.3 Å². The summed E-state index contributed by atoms with van der Waals surface area (Å²) in [7, 11) is -1.49. The Balaban J connectivity index is 2.42. The first-order valence-corrected chi connectivity index (χ1v) is 8.88. The van der Waals surface area contributed by atoms with E-state index >= 15 is 0 Å². The van der Waals surface area contributed by atoms with Crippen LogP contribution in [0.1, 0.15) is 19.8 Å². The maximum absolute atomic E-state index is 12.0. The predicted molar refractivity (Wildman–Crippen MR) is 92.1 cm³/mol. The summed E-state index contributed by atoms with van der Waals surface area (Å²) >= 11 is 4.80. The highest BCUT2D eigenvalue weighted by molar-refractivity contribution is 7.93. The fraction of sp³-hybridized carbons (Fsp3) is 0.500. The van der Waals surface area contributed by atoms with Gasteiger partial charge in [0.05, 0.1) is 4.99 Å². The maximum atomic E-state index is 12.0. The van der Waals surface area contributed by atoms with E-state index in [0.29, 0.717) is 19.4 Å².